The first kappa shape index (κ1) is 36.4. The zero-order valence-electron chi connectivity index (χ0n) is 25.1. The number of hydrogen-bond acceptors (Lipinski definition) is 4. The first-order valence-electron chi connectivity index (χ1n) is 16.1. The maximum atomic E-state index is 12.6. The molecule has 0 aliphatic carbocycles. The summed E-state index contributed by atoms with van der Waals surface area (Å²) in [4.78, 5) is 36.7. The van der Waals surface area contributed by atoms with E-state index in [-0.39, 0.29) is 37.1 Å². The number of nitrogens with two attached hydrogens (primary N) is 1. The predicted octanol–water partition coefficient (Wildman–Crippen LogP) is 6.28. The van der Waals surface area contributed by atoms with Crippen LogP contribution < -0.4 is 21.7 Å². The molecule has 0 radical (unpaired) electrons. The van der Waals surface area contributed by atoms with Crippen LogP contribution in [0.15, 0.2) is 0 Å². The summed E-state index contributed by atoms with van der Waals surface area (Å²) < 4.78 is 0. The van der Waals surface area contributed by atoms with Gasteiger partial charge in [-0.05, 0) is 19.3 Å². The molecule has 7 heteroatoms. The standard InChI is InChI=1S/C31H62N4O3/c1-3-5-7-9-11-13-15-17-19-21-25-33-29(36)24-23-28(35-30(37)27-32)31(38)34-26-22-20-18-16-14-12-10-8-6-4-2/h28H,3-27,32H2,1-2H3,(H,33,36)(H,34,38)(H,35,37)/t28-/m0/s1. The summed E-state index contributed by atoms with van der Waals surface area (Å²) in [5, 5.41) is 8.55. The maximum absolute atomic E-state index is 12.6. The Balaban J connectivity index is 3.94. The summed E-state index contributed by atoms with van der Waals surface area (Å²) in [6.45, 7) is 5.57. The van der Waals surface area contributed by atoms with Crippen LogP contribution >= 0.6 is 0 Å². The van der Waals surface area contributed by atoms with Gasteiger partial charge in [-0.2, -0.15) is 0 Å². The molecule has 0 unspecified atom stereocenters. The van der Waals surface area contributed by atoms with Gasteiger partial charge in [0.15, 0.2) is 0 Å². The summed E-state index contributed by atoms with van der Waals surface area (Å²) in [6, 6.07) is -0.725. The highest BCUT2D eigenvalue weighted by molar-refractivity contribution is 5.88. The number of hydrogen-bond donors (Lipinski definition) is 4. The lowest BCUT2D eigenvalue weighted by Gasteiger charge is -2.18. The minimum Gasteiger partial charge on any atom is -0.356 e. The van der Waals surface area contributed by atoms with E-state index in [1.807, 2.05) is 0 Å². The van der Waals surface area contributed by atoms with Crippen molar-refractivity contribution < 1.29 is 14.4 Å². The van der Waals surface area contributed by atoms with E-state index >= 15 is 0 Å². The van der Waals surface area contributed by atoms with Gasteiger partial charge >= 0.3 is 0 Å². The van der Waals surface area contributed by atoms with Crippen molar-refractivity contribution in [1.82, 2.24) is 16.0 Å². The normalized spacial score (nSPS) is 11.8. The molecule has 0 aromatic heterocycles. The molecule has 3 amide bonds. The van der Waals surface area contributed by atoms with E-state index in [0.29, 0.717) is 13.1 Å². The van der Waals surface area contributed by atoms with Crippen molar-refractivity contribution in [1.29, 1.82) is 0 Å². The van der Waals surface area contributed by atoms with Crippen molar-refractivity contribution in [3.63, 3.8) is 0 Å². The van der Waals surface area contributed by atoms with Crippen LogP contribution in [-0.4, -0.2) is 43.4 Å². The van der Waals surface area contributed by atoms with Crippen LogP contribution in [0.2, 0.25) is 0 Å². The zero-order chi connectivity index (χ0) is 28.1. The van der Waals surface area contributed by atoms with Gasteiger partial charge in [-0.3, -0.25) is 14.4 Å². The monoisotopic (exact) mass is 538 g/mol. The van der Waals surface area contributed by atoms with Crippen LogP contribution in [0.4, 0.5) is 0 Å². The summed E-state index contributed by atoms with van der Waals surface area (Å²) in [6.07, 6.45) is 25.5. The lowest BCUT2D eigenvalue weighted by Crippen LogP contribution is -2.49. The fraction of sp³-hybridized carbons (Fsp3) is 0.903. The van der Waals surface area contributed by atoms with Crippen molar-refractivity contribution in [3.05, 3.63) is 0 Å². The molecule has 7 nitrogen and oxygen atoms in total. The average Bonchev–Trinajstić information content (AvgIpc) is 2.92. The number of rotatable bonds is 28. The maximum Gasteiger partial charge on any atom is 0.242 e. The van der Waals surface area contributed by atoms with E-state index in [2.05, 4.69) is 29.8 Å². The molecule has 224 valence electrons. The van der Waals surface area contributed by atoms with Crippen molar-refractivity contribution in [2.24, 2.45) is 5.73 Å². The quantitative estimate of drug-likeness (QED) is 0.0877. The van der Waals surface area contributed by atoms with Gasteiger partial charge in [0.25, 0.3) is 0 Å². The largest absolute Gasteiger partial charge is 0.356 e. The Labute approximate surface area is 234 Å². The first-order valence-corrected chi connectivity index (χ1v) is 16.1. The zero-order valence-corrected chi connectivity index (χ0v) is 25.1. The molecular weight excluding hydrogens is 476 g/mol. The van der Waals surface area contributed by atoms with Crippen LogP contribution in [0.25, 0.3) is 0 Å². The van der Waals surface area contributed by atoms with Crippen molar-refractivity contribution in [3.8, 4) is 0 Å². The molecule has 38 heavy (non-hydrogen) atoms. The minimum atomic E-state index is -0.725. The van der Waals surface area contributed by atoms with Crippen molar-refractivity contribution >= 4 is 17.7 Å². The van der Waals surface area contributed by atoms with E-state index in [1.54, 1.807) is 0 Å². The van der Waals surface area contributed by atoms with Gasteiger partial charge in [0.05, 0.1) is 6.54 Å². The summed E-state index contributed by atoms with van der Waals surface area (Å²) in [5.41, 5.74) is 5.42. The van der Waals surface area contributed by atoms with Crippen molar-refractivity contribution in [2.45, 2.75) is 161 Å². The highest BCUT2D eigenvalue weighted by atomic mass is 16.2. The lowest BCUT2D eigenvalue weighted by atomic mass is 10.1. The smallest absolute Gasteiger partial charge is 0.242 e. The fourth-order valence-corrected chi connectivity index (χ4v) is 4.67. The van der Waals surface area contributed by atoms with E-state index in [1.165, 1.54) is 103 Å². The number of nitrogens with one attached hydrogen (secondary N) is 3. The lowest BCUT2D eigenvalue weighted by molar-refractivity contribution is -0.129. The number of carbonyl (C=O) groups excluding carboxylic acids is 3. The molecule has 0 spiro atoms. The third-order valence-electron chi connectivity index (χ3n) is 7.18. The molecule has 0 aromatic rings. The molecule has 0 aromatic carbocycles. The average molecular weight is 539 g/mol. The van der Waals surface area contributed by atoms with E-state index < -0.39 is 6.04 Å². The molecular formula is C31H62N4O3. The molecule has 0 fully saturated rings. The highest BCUT2D eigenvalue weighted by Crippen LogP contribution is 2.11. The molecule has 0 heterocycles. The Morgan fingerprint density at radius 1 is 0.553 bits per heavy atom. The van der Waals surface area contributed by atoms with Crippen LogP contribution in [0.3, 0.4) is 0 Å². The van der Waals surface area contributed by atoms with Crippen LogP contribution in [0.5, 0.6) is 0 Å². The van der Waals surface area contributed by atoms with Crippen LogP contribution in [0.1, 0.15) is 155 Å². The van der Waals surface area contributed by atoms with Crippen LogP contribution in [-0.2, 0) is 14.4 Å². The molecule has 0 aliphatic rings. The van der Waals surface area contributed by atoms with Gasteiger partial charge in [0, 0.05) is 19.5 Å². The Bertz CT molecular complexity index is 571. The first-order chi connectivity index (χ1) is 18.5. The molecule has 0 saturated carbocycles. The summed E-state index contributed by atoms with van der Waals surface area (Å²) in [5.74, 6) is -0.685. The Morgan fingerprint density at radius 2 is 0.947 bits per heavy atom. The second-order valence-corrected chi connectivity index (χ2v) is 10.9. The van der Waals surface area contributed by atoms with Gasteiger partial charge in [-0.25, -0.2) is 0 Å². The van der Waals surface area contributed by atoms with Gasteiger partial charge in [-0.15, -0.1) is 0 Å². The molecule has 1 atom stereocenters. The van der Waals surface area contributed by atoms with Gasteiger partial charge in [0.2, 0.25) is 17.7 Å². The van der Waals surface area contributed by atoms with E-state index in [4.69, 9.17) is 5.73 Å². The number of unbranched alkanes of at least 4 members (excludes halogenated alkanes) is 18. The Hall–Kier alpha value is -1.63. The van der Waals surface area contributed by atoms with Gasteiger partial charge in [-0.1, -0.05) is 129 Å². The third-order valence-corrected chi connectivity index (χ3v) is 7.18. The number of amides is 3. The predicted molar refractivity (Wildman–Crippen MR) is 160 cm³/mol. The summed E-state index contributed by atoms with van der Waals surface area (Å²) in [7, 11) is 0. The third kappa shape index (κ3) is 24.7. The van der Waals surface area contributed by atoms with Gasteiger partial charge < -0.3 is 21.7 Å². The molecule has 0 rings (SSSR count). The van der Waals surface area contributed by atoms with Crippen LogP contribution in [0, 0.1) is 0 Å². The molecule has 5 N–H and O–H groups in total. The SMILES string of the molecule is CCCCCCCCCCCCNC(=O)CC[C@H](NC(=O)CN)C(=O)NCCCCCCCCCCCC. The minimum absolute atomic E-state index is 0.0737. The Kier molecular flexibility index (Phi) is 27.2. The molecule has 0 aliphatic heterocycles. The van der Waals surface area contributed by atoms with Crippen molar-refractivity contribution in [2.75, 3.05) is 19.6 Å². The summed E-state index contributed by atoms with van der Waals surface area (Å²) >= 11 is 0. The van der Waals surface area contributed by atoms with E-state index in [9.17, 15) is 14.4 Å². The number of carbonyl (C=O) groups is 3. The Morgan fingerprint density at radius 3 is 1.37 bits per heavy atom. The molecule has 0 saturated heterocycles. The topological polar surface area (TPSA) is 113 Å². The second-order valence-electron chi connectivity index (χ2n) is 10.9. The van der Waals surface area contributed by atoms with Gasteiger partial charge in [0.1, 0.15) is 6.04 Å². The second kappa shape index (κ2) is 28.4. The highest BCUT2D eigenvalue weighted by Gasteiger charge is 2.21. The molecule has 0 bridgehead atoms. The van der Waals surface area contributed by atoms with E-state index in [0.717, 1.165) is 25.7 Å². The fourth-order valence-electron chi connectivity index (χ4n) is 4.67.